The Balaban J connectivity index is 1.51. The van der Waals surface area contributed by atoms with Crippen molar-refractivity contribution in [3.63, 3.8) is 0 Å². The molecular formula is C18H15Cl3N2S. The van der Waals surface area contributed by atoms with Gasteiger partial charge in [-0.05, 0) is 48.4 Å². The molecule has 0 bridgehead atoms. The quantitative estimate of drug-likeness (QED) is 0.508. The first-order valence-electron chi connectivity index (χ1n) is 7.47. The Hall–Kier alpha value is -1.10. The molecule has 0 aliphatic rings. The molecule has 1 aromatic heterocycles. The minimum atomic E-state index is 0.661. The van der Waals surface area contributed by atoms with Gasteiger partial charge in [0.2, 0.25) is 0 Å². The van der Waals surface area contributed by atoms with E-state index in [1.54, 1.807) is 17.4 Å². The van der Waals surface area contributed by atoms with Gasteiger partial charge in [-0.1, -0.05) is 53.0 Å². The predicted molar refractivity (Wildman–Crippen MR) is 104 cm³/mol. The lowest BCUT2D eigenvalue weighted by Crippen LogP contribution is -2.16. The lowest BCUT2D eigenvalue weighted by molar-refractivity contribution is 0.684. The van der Waals surface area contributed by atoms with E-state index < -0.39 is 0 Å². The summed E-state index contributed by atoms with van der Waals surface area (Å²) in [6, 6.07) is 13.4. The van der Waals surface area contributed by atoms with Crippen LogP contribution in [-0.2, 0) is 13.0 Å². The largest absolute Gasteiger partial charge is 0.310 e. The zero-order chi connectivity index (χ0) is 16.9. The van der Waals surface area contributed by atoms with Gasteiger partial charge in [0.15, 0.2) is 0 Å². The number of nitrogens with zero attached hydrogens (tertiary/aromatic N) is 1. The Kier molecular flexibility index (Phi) is 6.14. The number of aromatic nitrogens is 1. The summed E-state index contributed by atoms with van der Waals surface area (Å²) in [5.41, 5.74) is 2.23. The average Bonchev–Trinajstić information content (AvgIpc) is 3.03. The molecule has 124 valence electrons. The molecule has 2 nitrogen and oxygen atoms in total. The van der Waals surface area contributed by atoms with Gasteiger partial charge < -0.3 is 5.32 Å². The molecule has 24 heavy (non-hydrogen) atoms. The molecular weight excluding hydrogens is 383 g/mol. The standard InChI is InChI=1S/C18H15Cl3N2S/c19-14-4-2-13(3-5-14)17-10-23-18(24-17)11-22-8-7-12-1-6-15(20)9-16(12)21/h1-6,9-10,22H,7-8,11H2. The van der Waals surface area contributed by atoms with Gasteiger partial charge in [-0.15, -0.1) is 11.3 Å². The summed E-state index contributed by atoms with van der Waals surface area (Å²) >= 11 is 19.7. The number of hydrogen-bond acceptors (Lipinski definition) is 3. The first-order chi connectivity index (χ1) is 11.6. The fourth-order valence-corrected chi connectivity index (χ4v) is 3.80. The molecule has 3 aromatic rings. The van der Waals surface area contributed by atoms with Crippen molar-refractivity contribution >= 4 is 46.1 Å². The number of benzene rings is 2. The zero-order valence-corrected chi connectivity index (χ0v) is 15.8. The molecule has 0 unspecified atom stereocenters. The fourth-order valence-electron chi connectivity index (χ4n) is 2.28. The van der Waals surface area contributed by atoms with E-state index in [1.165, 1.54) is 0 Å². The summed E-state index contributed by atoms with van der Waals surface area (Å²) in [6.07, 6.45) is 2.76. The van der Waals surface area contributed by atoms with Crippen LogP contribution in [0.3, 0.4) is 0 Å². The summed E-state index contributed by atoms with van der Waals surface area (Å²) in [7, 11) is 0. The number of hydrogen-bond donors (Lipinski definition) is 1. The van der Waals surface area contributed by atoms with E-state index in [0.717, 1.165) is 45.5 Å². The van der Waals surface area contributed by atoms with Gasteiger partial charge in [0, 0.05) is 27.8 Å². The summed E-state index contributed by atoms with van der Waals surface area (Å²) in [5.74, 6) is 0. The zero-order valence-electron chi connectivity index (χ0n) is 12.7. The third-order valence-corrected chi connectivity index (χ3v) is 5.43. The van der Waals surface area contributed by atoms with Crippen LogP contribution in [0.2, 0.25) is 15.1 Å². The first kappa shape index (κ1) is 17.7. The summed E-state index contributed by atoms with van der Waals surface area (Å²) in [5, 5.41) is 6.57. The van der Waals surface area contributed by atoms with Crippen molar-refractivity contribution in [1.82, 2.24) is 10.3 Å². The number of rotatable bonds is 6. The highest BCUT2D eigenvalue weighted by Gasteiger charge is 2.05. The molecule has 0 spiro atoms. The lowest BCUT2D eigenvalue weighted by atomic mass is 10.1. The predicted octanol–water partition coefficient (Wildman–Crippen LogP) is 6.10. The maximum Gasteiger partial charge on any atom is 0.107 e. The van der Waals surface area contributed by atoms with Crippen molar-refractivity contribution in [2.45, 2.75) is 13.0 Å². The van der Waals surface area contributed by atoms with E-state index in [0.29, 0.717) is 10.0 Å². The van der Waals surface area contributed by atoms with Gasteiger partial charge in [-0.25, -0.2) is 4.98 Å². The maximum absolute atomic E-state index is 6.18. The molecule has 0 saturated heterocycles. The highest BCUT2D eigenvalue weighted by molar-refractivity contribution is 7.15. The third-order valence-electron chi connectivity index (χ3n) is 3.54. The second-order valence-corrected chi connectivity index (χ2v) is 7.68. The van der Waals surface area contributed by atoms with Gasteiger partial charge in [0.05, 0.1) is 4.88 Å². The Bertz CT molecular complexity index is 815. The normalized spacial score (nSPS) is 11.0. The van der Waals surface area contributed by atoms with Gasteiger partial charge in [-0.3, -0.25) is 0 Å². The summed E-state index contributed by atoms with van der Waals surface area (Å²) in [4.78, 5) is 5.61. The van der Waals surface area contributed by atoms with Crippen molar-refractivity contribution in [3.8, 4) is 10.4 Å². The second kappa shape index (κ2) is 8.32. The van der Waals surface area contributed by atoms with Gasteiger partial charge in [0.1, 0.15) is 5.01 Å². The van der Waals surface area contributed by atoms with Crippen molar-refractivity contribution in [2.75, 3.05) is 6.54 Å². The van der Waals surface area contributed by atoms with Crippen LogP contribution in [0.1, 0.15) is 10.6 Å². The molecule has 3 rings (SSSR count). The van der Waals surface area contributed by atoms with Gasteiger partial charge in [0.25, 0.3) is 0 Å². The Morgan fingerprint density at radius 3 is 2.46 bits per heavy atom. The minimum absolute atomic E-state index is 0.661. The monoisotopic (exact) mass is 396 g/mol. The van der Waals surface area contributed by atoms with E-state index in [-0.39, 0.29) is 0 Å². The summed E-state index contributed by atoms with van der Waals surface area (Å²) in [6.45, 7) is 1.57. The highest BCUT2D eigenvalue weighted by atomic mass is 35.5. The smallest absolute Gasteiger partial charge is 0.107 e. The molecule has 0 aliphatic carbocycles. The topological polar surface area (TPSA) is 24.9 Å². The Labute approximate surface area is 160 Å². The van der Waals surface area contributed by atoms with Crippen LogP contribution >= 0.6 is 46.1 Å². The Morgan fingerprint density at radius 2 is 1.71 bits per heavy atom. The van der Waals surface area contributed by atoms with Crippen LogP contribution in [0.5, 0.6) is 0 Å². The van der Waals surface area contributed by atoms with E-state index in [4.69, 9.17) is 34.8 Å². The highest BCUT2D eigenvalue weighted by Crippen LogP contribution is 2.27. The third kappa shape index (κ3) is 4.71. The molecule has 0 atom stereocenters. The molecule has 0 fully saturated rings. The van der Waals surface area contributed by atoms with E-state index >= 15 is 0 Å². The van der Waals surface area contributed by atoms with Gasteiger partial charge in [-0.2, -0.15) is 0 Å². The number of nitrogens with one attached hydrogen (secondary N) is 1. The van der Waals surface area contributed by atoms with Crippen molar-refractivity contribution in [1.29, 1.82) is 0 Å². The van der Waals surface area contributed by atoms with Crippen molar-refractivity contribution in [3.05, 3.63) is 74.3 Å². The fraction of sp³-hybridized carbons (Fsp3) is 0.167. The first-order valence-corrected chi connectivity index (χ1v) is 9.42. The number of thiazole rings is 1. The van der Waals surface area contributed by atoms with E-state index in [9.17, 15) is 0 Å². The lowest BCUT2D eigenvalue weighted by Gasteiger charge is -2.05. The molecule has 0 saturated carbocycles. The average molecular weight is 398 g/mol. The maximum atomic E-state index is 6.18. The SMILES string of the molecule is Clc1ccc(-c2cnc(CNCCc3ccc(Cl)cc3Cl)s2)cc1. The molecule has 0 aliphatic heterocycles. The van der Waals surface area contributed by atoms with E-state index in [1.807, 2.05) is 42.6 Å². The van der Waals surface area contributed by atoms with Gasteiger partial charge >= 0.3 is 0 Å². The van der Waals surface area contributed by atoms with Crippen LogP contribution in [-0.4, -0.2) is 11.5 Å². The minimum Gasteiger partial charge on any atom is -0.310 e. The molecule has 2 aromatic carbocycles. The van der Waals surface area contributed by atoms with Crippen LogP contribution in [0.4, 0.5) is 0 Å². The molecule has 1 N–H and O–H groups in total. The van der Waals surface area contributed by atoms with Crippen LogP contribution < -0.4 is 5.32 Å². The van der Waals surface area contributed by atoms with Crippen LogP contribution in [0.25, 0.3) is 10.4 Å². The van der Waals surface area contributed by atoms with Crippen LogP contribution in [0.15, 0.2) is 48.7 Å². The van der Waals surface area contributed by atoms with Crippen molar-refractivity contribution in [2.24, 2.45) is 0 Å². The second-order valence-electron chi connectivity index (χ2n) is 5.29. The summed E-state index contributed by atoms with van der Waals surface area (Å²) < 4.78 is 0. The van der Waals surface area contributed by atoms with E-state index in [2.05, 4.69) is 10.3 Å². The molecule has 1 heterocycles. The van der Waals surface area contributed by atoms with Crippen molar-refractivity contribution < 1.29 is 0 Å². The molecule has 6 heteroatoms. The molecule has 0 amide bonds. The Morgan fingerprint density at radius 1 is 0.958 bits per heavy atom. The number of halogens is 3. The molecule has 0 radical (unpaired) electrons. The van der Waals surface area contributed by atoms with Crippen LogP contribution in [0, 0.1) is 0 Å².